The highest BCUT2D eigenvalue weighted by Gasteiger charge is 2.32. The van der Waals surface area contributed by atoms with Crippen LogP contribution in [-0.4, -0.2) is 31.2 Å². The Balaban J connectivity index is 1.78. The van der Waals surface area contributed by atoms with Crippen LogP contribution in [0, 0.1) is 0 Å². The van der Waals surface area contributed by atoms with Crippen molar-refractivity contribution in [2.75, 3.05) is 11.9 Å². The summed E-state index contributed by atoms with van der Waals surface area (Å²) in [5, 5.41) is 4.33. The van der Waals surface area contributed by atoms with Crippen molar-refractivity contribution in [3.05, 3.63) is 46.7 Å². The minimum absolute atomic E-state index is 0.00486. The number of sulfonamides is 1. The summed E-state index contributed by atoms with van der Waals surface area (Å²) in [7, 11) is -3.53. The second-order valence-electron chi connectivity index (χ2n) is 5.93. The summed E-state index contributed by atoms with van der Waals surface area (Å²) in [6, 6.07) is 10.6. The lowest BCUT2D eigenvalue weighted by molar-refractivity contribution is 0.103. The van der Waals surface area contributed by atoms with Gasteiger partial charge in [0.1, 0.15) is 0 Å². The largest absolute Gasteiger partial charge is 0.321 e. The first-order valence-electron chi connectivity index (χ1n) is 7.95. The lowest BCUT2D eigenvalue weighted by atomic mass is 10.1. The molecule has 0 radical (unpaired) electrons. The molecule has 5 nitrogen and oxygen atoms in total. The van der Waals surface area contributed by atoms with E-state index < -0.39 is 10.0 Å². The van der Waals surface area contributed by atoms with Gasteiger partial charge in [0.25, 0.3) is 5.91 Å². The molecule has 1 N–H and O–H groups in total. The number of carbonyl (C=O) groups is 1. The predicted molar refractivity (Wildman–Crippen MR) is 95.9 cm³/mol. The van der Waals surface area contributed by atoms with Gasteiger partial charge >= 0.3 is 0 Å². The topological polar surface area (TPSA) is 66.5 Å². The van der Waals surface area contributed by atoms with Crippen molar-refractivity contribution in [1.82, 2.24) is 4.31 Å². The number of anilines is 1. The summed E-state index contributed by atoms with van der Waals surface area (Å²) >= 11 is 1.15. The molecule has 1 atom stereocenters. The molecule has 7 heteroatoms. The third kappa shape index (κ3) is 3.53. The van der Waals surface area contributed by atoms with Gasteiger partial charge in [-0.05, 0) is 38.0 Å². The average molecular weight is 364 g/mol. The molecule has 128 valence electrons. The number of thiophene rings is 1. The Labute approximate surface area is 146 Å². The number of amides is 1. The van der Waals surface area contributed by atoms with Crippen LogP contribution in [0.15, 0.2) is 46.7 Å². The van der Waals surface area contributed by atoms with Gasteiger partial charge in [-0.1, -0.05) is 24.6 Å². The highest BCUT2D eigenvalue weighted by atomic mass is 32.2. The maximum Gasteiger partial charge on any atom is 0.265 e. The van der Waals surface area contributed by atoms with Gasteiger partial charge in [0.2, 0.25) is 10.0 Å². The Hall–Kier alpha value is -1.70. The van der Waals surface area contributed by atoms with E-state index >= 15 is 0 Å². The Bertz CT molecular complexity index is 815. The summed E-state index contributed by atoms with van der Waals surface area (Å²) in [6.07, 6.45) is 2.82. The fraction of sp³-hybridized carbons (Fsp3) is 0.353. The number of para-hydroxylation sites is 1. The van der Waals surface area contributed by atoms with Crippen molar-refractivity contribution in [2.45, 2.75) is 37.1 Å². The maximum atomic E-state index is 12.8. The van der Waals surface area contributed by atoms with E-state index in [1.807, 2.05) is 25.1 Å². The molecule has 1 amide bonds. The summed E-state index contributed by atoms with van der Waals surface area (Å²) in [4.78, 5) is 12.9. The molecule has 1 saturated heterocycles. The molecule has 0 unspecified atom stereocenters. The molecule has 0 bridgehead atoms. The molecule has 1 aliphatic rings. The molecule has 0 aliphatic carbocycles. The van der Waals surface area contributed by atoms with Crippen LogP contribution in [-0.2, 0) is 10.0 Å². The molecule has 1 fully saturated rings. The Morgan fingerprint density at radius 1 is 1.25 bits per heavy atom. The molecule has 2 aromatic rings. The van der Waals surface area contributed by atoms with Crippen LogP contribution in [0.2, 0.25) is 0 Å². The van der Waals surface area contributed by atoms with Gasteiger partial charge < -0.3 is 5.32 Å². The SMILES string of the molecule is C[C@@H]1CCCCN1S(=O)(=O)c1csc(C(=O)Nc2ccccc2)c1. The molecule has 1 aromatic carbocycles. The zero-order chi connectivity index (χ0) is 17.2. The van der Waals surface area contributed by atoms with Crippen LogP contribution in [0.5, 0.6) is 0 Å². The highest BCUT2D eigenvalue weighted by Crippen LogP contribution is 2.28. The van der Waals surface area contributed by atoms with Gasteiger partial charge in [0.15, 0.2) is 0 Å². The standard InChI is InChI=1S/C17H20N2O3S2/c1-13-7-5-6-10-19(13)24(21,22)15-11-16(23-12-15)17(20)18-14-8-3-2-4-9-14/h2-4,8-9,11-13H,5-7,10H2,1H3,(H,18,20)/t13-/m1/s1. The van der Waals surface area contributed by atoms with Gasteiger partial charge in [-0.25, -0.2) is 8.42 Å². The van der Waals surface area contributed by atoms with Crippen LogP contribution in [0.3, 0.4) is 0 Å². The van der Waals surface area contributed by atoms with Crippen molar-refractivity contribution < 1.29 is 13.2 Å². The fourth-order valence-electron chi connectivity index (χ4n) is 2.85. The van der Waals surface area contributed by atoms with Crippen LogP contribution in [0.4, 0.5) is 5.69 Å². The van der Waals surface area contributed by atoms with Gasteiger partial charge in [-0.3, -0.25) is 4.79 Å². The molecule has 1 aliphatic heterocycles. The summed E-state index contributed by atoms with van der Waals surface area (Å²) < 4.78 is 27.1. The van der Waals surface area contributed by atoms with Gasteiger partial charge in [0.05, 0.1) is 9.77 Å². The van der Waals surface area contributed by atoms with E-state index in [1.165, 1.54) is 6.07 Å². The monoisotopic (exact) mass is 364 g/mol. The van der Waals surface area contributed by atoms with Crippen molar-refractivity contribution in [1.29, 1.82) is 0 Å². The molecule has 1 aromatic heterocycles. The summed E-state index contributed by atoms with van der Waals surface area (Å²) in [5.74, 6) is -0.292. The van der Waals surface area contributed by atoms with E-state index in [-0.39, 0.29) is 16.8 Å². The number of piperidine rings is 1. The van der Waals surface area contributed by atoms with E-state index in [1.54, 1.807) is 21.8 Å². The van der Waals surface area contributed by atoms with E-state index in [2.05, 4.69) is 5.32 Å². The van der Waals surface area contributed by atoms with E-state index in [9.17, 15) is 13.2 Å². The Morgan fingerprint density at radius 2 is 2.00 bits per heavy atom. The molecular weight excluding hydrogens is 344 g/mol. The van der Waals surface area contributed by atoms with Gasteiger partial charge in [-0.2, -0.15) is 4.31 Å². The number of nitrogens with zero attached hydrogens (tertiary/aromatic N) is 1. The average Bonchev–Trinajstić information content (AvgIpc) is 3.07. The molecule has 3 rings (SSSR count). The minimum Gasteiger partial charge on any atom is -0.321 e. The van der Waals surface area contributed by atoms with E-state index in [0.29, 0.717) is 17.1 Å². The second kappa shape index (κ2) is 7.04. The normalized spacial score (nSPS) is 19.1. The molecule has 0 saturated carbocycles. The lowest BCUT2D eigenvalue weighted by Gasteiger charge is -2.31. The first-order chi connectivity index (χ1) is 11.5. The summed E-state index contributed by atoms with van der Waals surface area (Å²) in [5.41, 5.74) is 0.685. The zero-order valence-corrected chi connectivity index (χ0v) is 15.1. The van der Waals surface area contributed by atoms with Crippen LogP contribution in [0.25, 0.3) is 0 Å². The third-order valence-electron chi connectivity index (χ3n) is 4.18. The molecule has 24 heavy (non-hydrogen) atoms. The lowest BCUT2D eigenvalue weighted by Crippen LogP contribution is -2.41. The van der Waals surface area contributed by atoms with Crippen LogP contribution >= 0.6 is 11.3 Å². The van der Waals surface area contributed by atoms with Crippen LogP contribution < -0.4 is 5.32 Å². The summed E-state index contributed by atoms with van der Waals surface area (Å²) in [6.45, 7) is 2.48. The van der Waals surface area contributed by atoms with Crippen molar-refractivity contribution in [3.63, 3.8) is 0 Å². The maximum absolute atomic E-state index is 12.8. The first kappa shape index (κ1) is 17.1. The number of benzene rings is 1. The van der Waals surface area contributed by atoms with Crippen LogP contribution in [0.1, 0.15) is 35.9 Å². The van der Waals surface area contributed by atoms with Gasteiger partial charge in [-0.15, -0.1) is 11.3 Å². The Morgan fingerprint density at radius 3 is 2.71 bits per heavy atom. The fourth-order valence-corrected chi connectivity index (χ4v) is 5.71. The number of rotatable bonds is 4. The number of carbonyl (C=O) groups excluding carboxylic acids is 1. The van der Waals surface area contributed by atoms with Gasteiger partial charge in [0, 0.05) is 23.7 Å². The Kier molecular flexibility index (Phi) is 5.03. The minimum atomic E-state index is -3.53. The third-order valence-corrected chi connectivity index (χ3v) is 7.25. The first-order valence-corrected chi connectivity index (χ1v) is 10.3. The smallest absolute Gasteiger partial charge is 0.265 e. The van der Waals surface area contributed by atoms with Crippen molar-refractivity contribution in [3.8, 4) is 0 Å². The number of hydrogen-bond donors (Lipinski definition) is 1. The number of hydrogen-bond acceptors (Lipinski definition) is 4. The molecule has 2 heterocycles. The predicted octanol–water partition coefficient (Wildman–Crippen LogP) is 3.56. The second-order valence-corrected chi connectivity index (χ2v) is 8.73. The van der Waals surface area contributed by atoms with E-state index in [4.69, 9.17) is 0 Å². The quantitative estimate of drug-likeness (QED) is 0.902. The number of nitrogens with one attached hydrogen (secondary N) is 1. The zero-order valence-electron chi connectivity index (χ0n) is 13.4. The highest BCUT2D eigenvalue weighted by molar-refractivity contribution is 7.89. The molecule has 0 spiro atoms. The van der Waals surface area contributed by atoms with Crippen molar-refractivity contribution in [2.24, 2.45) is 0 Å². The van der Waals surface area contributed by atoms with Crippen molar-refractivity contribution >= 4 is 33.0 Å². The van der Waals surface area contributed by atoms with E-state index in [0.717, 1.165) is 30.6 Å². The molecular formula is C17H20N2O3S2.